The Kier molecular flexibility index (Phi) is 4.39. The maximum atomic E-state index is 11.8. The molecule has 1 aromatic carbocycles. The van der Waals surface area contributed by atoms with E-state index >= 15 is 0 Å². The fourth-order valence-electron chi connectivity index (χ4n) is 1.70. The zero-order chi connectivity index (χ0) is 12.1. The second kappa shape index (κ2) is 6.02. The Morgan fingerprint density at radius 1 is 1.41 bits per heavy atom. The van der Waals surface area contributed by atoms with Crippen molar-refractivity contribution in [2.45, 2.75) is 6.54 Å². The van der Waals surface area contributed by atoms with Gasteiger partial charge in [0.25, 0.3) is 0 Å². The Balaban J connectivity index is 1.83. The van der Waals surface area contributed by atoms with Crippen LogP contribution >= 0.6 is 15.9 Å². The molecule has 0 aliphatic carbocycles. The summed E-state index contributed by atoms with van der Waals surface area (Å²) in [5.74, 6) is 0. The van der Waals surface area contributed by atoms with Gasteiger partial charge in [0, 0.05) is 24.1 Å². The van der Waals surface area contributed by atoms with Crippen LogP contribution in [0.15, 0.2) is 28.7 Å². The largest absolute Gasteiger partial charge is 0.378 e. The van der Waals surface area contributed by atoms with Crippen LogP contribution in [0.25, 0.3) is 0 Å². The molecule has 1 heterocycles. The third kappa shape index (κ3) is 3.71. The summed E-state index contributed by atoms with van der Waals surface area (Å²) >= 11 is 3.41. The predicted molar refractivity (Wildman–Crippen MR) is 68.8 cm³/mol. The molecule has 17 heavy (non-hydrogen) atoms. The number of nitrogens with one attached hydrogen (secondary N) is 1. The average molecular weight is 299 g/mol. The summed E-state index contributed by atoms with van der Waals surface area (Å²) in [6, 6.07) is 7.89. The number of amides is 2. The summed E-state index contributed by atoms with van der Waals surface area (Å²) < 4.78 is 6.22. The first-order chi connectivity index (χ1) is 8.25. The Bertz CT molecular complexity index is 392. The van der Waals surface area contributed by atoms with Gasteiger partial charge in [0.05, 0.1) is 13.2 Å². The molecule has 0 aromatic heterocycles. The van der Waals surface area contributed by atoms with Gasteiger partial charge < -0.3 is 15.0 Å². The van der Waals surface area contributed by atoms with Gasteiger partial charge in [-0.3, -0.25) is 0 Å². The molecule has 0 spiro atoms. The first-order valence-electron chi connectivity index (χ1n) is 5.60. The number of nitrogens with zero attached hydrogens (tertiary/aromatic N) is 1. The lowest BCUT2D eigenvalue weighted by Gasteiger charge is -2.26. The highest BCUT2D eigenvalue weighted by Gasteiger charge is 2.15. The van der Waals surface area contributed by atoms with Gasteiger partial charge >= 0.3 is 6.03 Å². The smallest absolute Gasteiger partial charge is 0.317 e. The number of carbonyl (C=O) groups is 1. The SMILES string of the molecule is O=C(NCc1cccc(Br)c1)N1CCOCC1. The molecule has 1 N–H and O–H groups in total. The summed E-state index contributed by atoms with van der Waals surface area (Å²) in [6.07, 6.45) is 0. The second-order valence-electron chi connectivity index (χ2n) is 3.89. The highest BCUT2D eigenvalue weighted by atomic mass is 79.9. The van der Waals surface area contributed by atoms with Crippen molar-refractivity contribution in [2.75, 3.05) is 26.3 Å². The van der Waals surface area contributed by atoms with Crippen molar-refractivity contribution in [2.24, 2.45) is 0 Å². The molecule has 1 aliphatic heterocycles. The summed E-state index contributed by atoms with van der Waals surface area (Å²) in [5, 5.41) is 2.91. The first kappa shape index (κ1) is 12.4. The average Bonchev–Trinajstić information content (AvgIpc) is 2.37. The fourth-order valence-corrected chi connectivity index (χ4v) is 2.15. The number of morpholine rings is 1. The Hall–Kier alpha value is -1.07. The number of urea groups is 1. The molecule has 1 aliphatic rings. The zero-order valence-corrected chi connectivity index (χ0v) is 11.1. The molecule has 2 amide bonds. The molecule has 0 atom stereocenters. The van der Waals surface area contributed by atoms with Crippen LogP contribution in [0.2, 0.25) is 0 Å². The molecule has 2 rings (SSSR count). The van der Waals surface area contributed by atoms with E-state index in [-0.39, 0.29) is 6.03 Å². The molecule has 92 valence electrons. The van der Waals surface area contributed by atoms with Crippen LogP contribution in [-0.4, -0.2) is 37.2 Å². The van der Waals surface area contributed by atoms with E-state index in [2.05, 4.69) is 21.2 Å². The van der Waals surface area contributed by atoms with E-state index in [9.17, 15) is 4.79 Å². The van der Waals surface area contributed by atoms with E-state index < -0.39 is 0 Å². The number of halogens is 1. The molecule has 1 fully saturated rings. The van der Waals surface area contributed by atoms with Gasteiger partial charge in [0.2, 0.25) is 0 Å². The van der Waals surface area contributed by atoms with Crippen molar-refractivity contribution in [3.8, 4) is 0 Å². The van der Waals surface area contributed by atoms with Crippen molar-refractivity contribution >= 4 is 22.0 Å². The highest BCUT2D eigenvalue weighted by molar-refractivity contribution is 9.10. The van der Waals surface area contributed by atoms with E-state index in [1.165, 1.54) is 0 Å². The molecule has 0 unspecified atom stereocenters. The minimum absolute atomic E-state index is 0.0201. The topological polar surface area (TPSA) is 41.6 Å². The van der Waals surface area contributed by atoms with Crippen LogP contribution in [0.4, 0.5) is 4.79 Å². The highest BCUT2D eigenvalue weighted by Crippen LogP contribution is 2.11. The first-order valence-corrected chi connectivity index (χ1v) is 6.40. The minimum Gasteiger partial charge on any atom is -0.378 e. The monoisotopic (exact) mass is 298 g/mol. The molecule has 5 heteroatoms. The summed E-state index contributed by atoms with van der Waals surface area (Å²) in [4.78, 5) is 13.6. The molecule has 0 saturated carbocycles. The van der Waals surface area contributed by atoms with Gasteiger partial charge in [0.1, 0.15) is 0 Å². The van der Waals surface area contributed by atoms with Crippen LogP contribution in [-0.2, 0) is 11.3 Å². The lowest BCUT2D eigenvalue weighted by Crippen LogP contribution is -2.45. The number of hydrogen-bond acceptors (Lipinski definition) is 2. The number of carbonyl (C=O) groups excluding carboxylic acids is 1. The third-order valence-electron chi connectivity index (χ3n) is 2.63. The molecule has 4 nitrogen and oxygen atoms in total. The van der Waals surface area contributed by atoms with E-state index in [1.807, 2.05) is 24.3 Å². The van der Waals surface area contributed by atoms with E-state index in [4.69, 9.17) is 4.74 Å². The van der Waals surface area contributed by atoms with Crippen molar-refractivity contribution in [1.29, 1.82) is 0 Å². The van der Waals surface area contributed by atoms with Crippen LogP contribution < -0.4 is 5.32 Å². The lowest BCUT2D eigenvalue weighted by atomic mass is 10.2. The second-order valence-corrected chi connectivity index (χ2v) is 4.80. The number of ether oxygens (including phenoxy) is 1. The Morgan fingerprint density at radius 3 is 2.88 bits per heavy atom. The van der Waals surface area contributed by atoms with E-state index in [1.54, 1.807) is 4.90 Å². The van der Waals surface area contributed by atoms with Gasteiger partial charge in [-0.05, 0) is 17.7 Å². The van der Waals surface area contributed by atoms with Crippen LogP contribution in [0.3, 0.4) is 0 Å². The fraction of sp³-hybridized carbons (Fsp3) is 0.417. The standard InChI is InChI=1S/C12H15BrN2O2/c13-11-3-1-2-10(8-11)9-14-12(16)15-4-6-17-7-5-15/h1-3,8H,4-7,9H2,(H,14,16). The van der Waals surface area contributed by atoms with Gasteiger partial charge in [0.15, 0.2) is 0 Å². The molecule has 0 bridgehead atoms. The van der Waals surface area contributed by atoms with Gasteiger partial charge in [-0.25, -0.2) is 4.79 Å². The number of hydrogen-bond donors (Lipinski definition) is 1. The maximum absolute atomic E-state index is 11.8. The molecule has 1 saturated heterocycles. The summed E-state index contributed by atoms with van der Waals surface area (Å²) in [5.41, 5.74) is 1.08. The van der Waals surface area contributed by atoms with Crippen LogP contribution in [0.1, 0.15) is 5.56 Å². The third-order valence-corrected chi connectivity index (χ3v) is 3.12. The molecule has 0 radical (unpaired) electrons. The van der Waals surface area contributed by atoms with Gasteiger partial charge in [-0.2, -0.15) is 0 Å². The van der Waals surface area contributed by atoms with Gasteiger partial charge in [-0.15, -0.1) is 0 Å². The maximum Gasteiger partial charge on any atom is 0.317 e. The summed E-state index contributed by atoms with van der Waals surface area (Å²) in [6.45, 7) is 3.15. The molecule has 1 aromatic rings. The minimum atomic E-state index is -0.0201. The van der Waals surface area contributed by atoms with Crippen molar-refractivity contribution in [3.05, 3.63) is 34.3 Å². The zero-order valence-electron chi connectivity index (χ0n) is 9.49. The van der Waals surface area contributed by atoms with Gasteiger partial charge in [-0.1, -0.05) is 28.1 Å². The van der Waals surface area contributed by atoms with E-state index in [0.717, 1.165) is 10.0 Å². The van der Waals surface area contributed by atoms with Crippen molar-refractivity contribution in [1.82, 2.24) is 10.2 Å². The van der Waals surface area contributed by atoms with Crippen molar-refractivity contribution < 1.29 is 9.53 Å². The Morgan fingerprint density at radius 2 is 2.18 bits per heavy atom. The lowest BCUT2D eigenvalue weighted by molar-refractivity contribution is 0.0531. The quantitative estimate of drug-likeness (QED) is 0.907. The molecular formula is C12H15BrN2O2. The predicted octanol–water partition coefficient (Wildman–Crippen LogP) is 1.99. The van der Waals surface area contributed by atoms with Crippen molar-refractivity contribution in [3.63, 3.8) is 0 Å². The summed E-state index contributed by atoms with van der Waals surface area (Å²) in [7, 11) is 0. The Labute approximate surface area is 109 Å². The number of benzene rings is 1. The van der Waals surface area contributed by atoms with Crippen LogP contribution in [0.5, 0.6) is 0 Å². The molecular weight excluding hydrogens is 284 g/mol. The number of rotatable bonds is 2. The van der Waals surface area contributed by atoms with Crippen LogP contribution in [0, 0.1) is 0 Å². The normalized spacial score (nSPS) is 15.7. The van der Waals surface area contributed by atoms with E-state index in [0.29, 0.717) is 32.8 Å².